The van der Waals surface area contributed by atoms with Gasteiger partial charge in [0.15, 0.2) is 11.6 Å². The van der Waals surface area contributed by atoms with Crippen LogP contribution in [0.1, 0.15) is 38.3 Å². The highest BCUT2D eigenvalue weighted by Crippen LogP contribution is 2.30. The van der Waals surface area contributed by atoms with E-state index >= 15 is 0 Å². The number of aromatic amines is 1. The summed E-state index contributed by atoms with van der Waals surface area (Å²) in [6.45, 7) is 5.45. The summed E-state index contributed by atoms with van der Waals surface area (Å²) in [7, 11) is 0. The highest BCUT2D eigenvalue weighted by atomic mass is 35.5. The van der Waals surface area contributed by atoms with Crippen molar-refractivity contribution >= 4 is 23.0 Å². The minimum Gasteiger partial charge on any atom is -0.384 e. The molecule has 1 aromatic carbocycles. The van der Waals surface area contributed by atoms with E-state index in [2.05, 4.69) is 15.2 Å². The highest BCUT2D eigenvalue weighted by molar-refractivity contribution is 6.30. The summed E-state index contributed by atoms with van der Waals surface area (Å²) in [5.74, 6) is 0.256. The van der Waals surface area contributed by atoms with Crippen LogP contribution in [0.25, 0.3) is 5.57 Å². The van der Waals surface area contributed by atoms with Gasteiger partial charge in [-0.25, -0.2) is 4.98 Å². The summed E-state index contributed by atoms with van der Waals surface area (Å²) in [5, 5.41) is 17.7. The van der Waals surface area contributed by atoms with E-state index in [4.69, 9.17) is 11.6 Å². The van der Waals surface area contributed by atoms with Gasteiger partial charge in [0, 0.05) is 16.0 Å². The van der Waals surface area contributed by atoms with Gasteiger partial charge in [-0.1, -0.05) is 44.5 Å². The summed E-state index contributed by atoms with van der Waals surface area (Å²) in [6.07, 6.45) is 1.75. The average Bonchev–Trinajstić information content (AvgIpc) is 2.97. The first-order valence-corrected chi connectivity index (χ1v) is 7.22. The van der Waals surface area contributed by atoms with Gasteiger partial charge in [0.05, 0.1) is 0 Å². The average molecular weight is 320 g/mol. The lowest BCUT2D eigenvalue weighted by Crippen LogP contribution is -2.19. The van der Waals surface area contributed by atoms with Crippen LogP contribution < -0.4 is 0 Å². The number of aliphatic hydroxyl groups excluding tert-OH is 1. The van der Waals surface area contributed by atoms with Crippen LogP contribution in [0.4, 0.5) is 0 Å². The fraction of sp³-hybridized carbons (Fsp3) is 0.312. The third kappa shape index (κ3) is 3.81. The third-order valence-electron chi connectivity index (χ3n) is 3.19. The van der Waals surface area contributed by atoms with Crippen molar-refractivity contribution in [3.8, 4) is 0 Å². The lowest BCUT2D eigenvalue weighted by Gasteiger charge is -2.17. The van der Waals surface area contributed by atoms with E-state index in [-0.39, 0.29) is 5.78 Å². The maximum Gasteiger partial charge on any atom is 0.161 e. The van der Waals surface area contributed by atoms with E-state index < -0.39 is 11.5 Å². The van der Waals surface area contributed by atoms with Crippen molar-refractivity contribution in [2.24, 2.45) is 5.41 Å². The van der Waals surface area contributed by atoms with Crippen LogP contribution in [-0.2, 0) is 4.79 Å². The van der Waals surface area contributed by atoms with Crippen molar-refractivity contribution in [3.63, 3.8) is 0 Å². The van der Waals surface area contributed by atoms with Crippen LogP contribution in [0, 0.1) is 5.41 Å². The minimum absolute atomic E-state index is 0.105. The first kappa shape index (κ1) is 16.4. The predicted molar refractivity (Wildman–Crippen MR) is 85.2 cm³/mol. The second-order valence-corrected chi connectivity index (χ2v) is 6.44. The van der Waals surface area contributed by atoms with Crippen LogP contribution in [0.3, 0.4) is 0 Å². The lowest BCUT2D eigenvalue weighted by atomic mass is 9.88. The predicted octanol–water partition coefficient (Wildman–Crippen LogP) is 3.19. The molecule has 0 radical (unpaired) electrons. The molecule has 1 aromatic heterocycles. The van der Waals surface area contributed by atoms with Gasteiger partial charge in [-0.2, -0.15) is 5.10 Å². The largest absolute Gasteiger partial charge is 0.384 e. The normalized spacial score (nSPS) is 14.0. The standard InChI is InChI=1S/C16H18ClN3O2/c1-16(2,3)13(21)8-12(15-18-9-19-20-15)14(22)10-4-6-11(17)7-5-10/h4-9,14,22H,1-3H3,(H,18,19,20). The van der Waals surface area contributed by atoms with E-state index in [9.17, 15) is 9.90 Å². The fourth-order valence-corrected chi connectivity index (χ4v) is 1.93. The van der Waals surface area contributed by atoms with E-state index in [0.29, 0.717) is 22.0 Å². The van der Waals surface area contributed by atoms with Crippen molar-refractivity contribution in [2.75, 3.05) is 0 Å². The number of halogens is 1. The molecule has 0 aliphatic rings. The van der Waals surface area contributed by atoms with Gasteiger partial charge < -0.3 is 5.11 Å². The number of carbonyl (C=O) groups excluding carboxylic acids is 1. The molecule has 0 bridgehead atoms. The summed E-state index contributed by atoms with van der Waals surface area (Å²) >= 11 is 5.86. The Morgan fingerprint density at radius 3 is 2.45 bits per heavy atom. The Labute approximate surface area is 134 Å². The summed E-state index contributed by atoms with van der Waals surface area (Å²) in [4.78, 5) is 16.3. The molecule has 116 valence electrons. The first-order chi connectivity index (χ1) is 10.3. The molecule has 1 heterocycles. The zero-order valence-electron chi connectivity index (χ0n) is 12.7. The molecule has 2 rings (SSSR count). The first-order valence-electron chi connectivity index (χ1n) is 6.84. The Balaban J connectivity index is 2.43. The number of carbonyl (C=O) groups is 1. The van der Waals surface area contributed by atoms with E-state index in [1.165, 1.54) is 12.4 Å². The fourth-order valence-electron chi connectivity index (χ4n) is 1.80. The van der Waals surface area contributed by atoms with Crippen LogP contribution in [0.15, 0.2) is 36.7 Å². The van der Waals surface area contributed by atoms with Gasteiger partial charge in [-0.3, -0.25) is 9.89 Å². The Kier molecular flexibility index (Phi) is 4.78. The molecule has 0 aliphatic carbocycles. The molecule has 0 amide bonds. The number of H-pyrrole nitrogens is 1. The number of aliphatic hydroxyl groups is 1. The number of rotatable bonds is 4. The number of nitrogens with zero attached hydrogens (tertiary/aromatic N) is 2. The number of aromatic nitrogens is 3. The summed E-state index contributed by atoms with van der Waals surface area (Å²) in [6, 6.07) is 6.78. The van der Waals surface area contributed by atoms with E-state index in [1.807, 2.05) is 20.8 Å². The maximum absolute atomic E-state index is 12.3. The number of ketones is 1. The molecule has 2 N–H and O–H groups in total. The van der Waals surface area contributed by atoms with Crippen molar-refractivity contribution < 1.29 is 9.90 Å². The van der Waals surface area contributed by atoms with Gasteiger partial charge >= 0.3 is 0 Å². The molecular formula is C16H18ClN3O2. The third-order valence-corrected chi connectivity index (χ3v) is 3.45. The number of nitrogens with one attached hydrogen (secondary N) is 1. The minimum atomic E-state index is -1.00. The van der Waals surface area contributed by atoms with Crippen molar-refractivity contribution in [3.05, 3.63) is 53.1 Å². The van der Waals surface area contributed by atoms with Gasteiger partial charge in [0.1, 0.15) is 12.4 Å². The second-order valence-electron chi connectivity index (χ2n) is 6.00. The van der Waals surface area contributed by atoms with Crippen LogP contribution in [0.2, 0.25) is 5.02 Å². The lowest BCUT2D eigenvalue weighted by molar-refractivity contribution is -0.121. The summed E-state index contributed by atoms with van der Waals surface area (Å²) in [5.41, 5.74) is 0.443. The maximum atomic E-state index is 12.3. The number of benzene rings is 1. The molecular weight excluding hydrogens is 302 g/mol. The Morgan fingerprint density at radius 2 is 1.95 bits per heavy atom. The Morgan fingerprint density at radius 1 is 1.32 bits per heavy atom. The quantitative estimate of drug-likeness (QED) is 0.848. The molecule has 0 fully saturated rings. The molecule has 2 aromatic rings. The number of hydrogen-bond acceptors (Lipinski definition) is 4. The molecule has 5 nitrogen and oxygen atoms in total. The van der Waals surface area contributed by atoms with Crippen molar-refractivity contribution in [1.82, 2.24) is 15.2 Å². The molecule has 22 heavy (non-hydrogen) atoms. The van der Waals surface area contributed by atoms with Gasteiger partial charge in [-0.15, -0.1) is 0 Å². The molecule has 1 atom stereocenters. The number of allylic oxidation sites excluding steroid dienone is 1. The molecule has 6 heteroatoms. The van der Waals surface area contributed by atoms with Crippen LogP contribution in [-0.4, -0.2) is 26.1 Å². The highest BCUT2D eigenvalue weighted by Gasteiger charge is 2.24. The smallest absolute Gasteiger partial charge is 0.161 e. The second kappa shape index (κ2) is 6.42. The Hall–Kier alpha value is -1.98. The molecule has 0 aliphatic heterocycles. The monoisotopic (exact) mass is 319 g/mol. The van der Waals surface area contributed by atoms with Gasteiger partial charge in [0.25, 0.3) is 0 Å². The van der Waals surface area contributed by atoms with Crippen molar-refractivity contribution in [2.45, 2.75) is 26.9 Å². The van der Waals surface area contributed by atoms with E-state index in [1.54, 1.807) is 24.3 Å². The topological polar surface area (TPSA) is 78.9 Å². The molecule has 1 unspecified atom stereocenters. The van der Waals surface area contributed by atoms with Crippen molar-refractivity contribution in [1.29, 1.82) is 0 Å². The molecule has 0 saturated carbocycles. The van der Waals surface area contributed by atoms with Gasteiger partial charge in [-0.05, 0) is 23.8 Å². The molecule has 0 saturated heterocycles. The Bertz CT molecular complexity index is 670. The van der Waals surface area contributed by atoms with Crippen LogP contribution in [0.5, 0.6) is 0 Å². The summed E-state index contributed by atoms with van der Waals surface area (Å²) < 4.78 is 0. The number of hydrogen-bond donors (Lipinski definition) is 2. The zero-order chi connectivity index (χ0) is 16.3. The SMILES string of the molecule is CC(C)(C)C(=O)C=C(c1ncn[nH]1)C(O)c1ccc(Cl)cc1. The zero-order valence-corrected chi connectivity index (χ0v) is 13.4. The van der Waals surface area contributed by atoms with Crippen LogP contribution >= 0.6 is 11.6 Å². The van der Waals surface area contributed by atoms with Gasteiger partial charge in [0.2, 0.25) is 0 Å². The van der Waals surface area contributed by atoms with E-state index in [0.717, 1.165) is 0 Å². The molecule has 0 spiro atoms.